The van der Waals surface area contributed by atoms with Crippen molar-refractivity contribution in [1.82, 2.24) is 5.16 Å². The summed E-state index contributed by atoms with van der Waals surface area (Å²) < 4.78 is 10.6. The molecule has 3 rings (SSSR count). The smallest absolute Gasteiger partial charge is 0.170 e. The predicted molar refractivity (Wildman–Crippen MR) is 65.1 cm³/mol. The van der Waals surface area contributed by atoms with Gasteiger partial charge in [0.2, 0.25) is 0 Å². The molecule has 88 valence electrons. The van der Waals surface area contributed by atoms with Gasteiger partial charge in [-0.2, -0.15) is 0 Å². The van der Waals surface area contributed by atoms with Gasteiger partial charge in [-0.1, -0.05) is 5.16 Å². The van der Waals surface area contributed by atoms with Gasteiger partial charge in [0.25, 0.3) is 0 Å². The maximum atomic E-state index is 5.49. The zero-order valence-electron chi connectivity index (χ0n) is 9.90. The van der Waals surface area contributed by atoms with E-state index in [9.17, 15) is 0 Å². The molecule has 1 aromatic heterocycles. The molecule has 3 heteroatoms. The van der Waals surface area contributed by atoms with E-state index in [1.54, 1.807) is 7.11 Å². The van der Waals surface area contributed by atoms with E-state index in [-0.39, 0.29) is 0 Å². The van der Waals surface area contributed by atoms with E-state index >= 15 is 0 Å². The largest absolute Gasteiger partial charge is 0.497 e. The molecule has 0 N–H and O–H groups in total. The molecule has 0 fully saturated rings. The summed E-state index contributed by atoms with van der Waals surface area (Å²) in [6.07, 6.45) is 4.59. The zero-order valence-corrected chi connectivity index (χ0v) is 9.90. The molecular weight excluding hydrogens is 214 g/mol. The fourth-order valence-electron chi connectivity index (χ4n) is 2.36. The third-order valence-corrected chi connectivity index (χ3v) is 3.31. The standard InChI is InChI=1S/C14H15NO2/c1-16-11-8-6-10(7-9-11)14-12-4-2-3-5-13(12)15-17-14/h6-9H,2-5H2,1H3. The lowest BCUT2D eigenvalue weighted by Crippen LogP contribution is -2.01. The Balaban J connectivity index is 2.00. The number of rotatable bonds is 2. The second-order valence-electron chi connectivity index (χ2n) is 4.37. The Morgan fingerprint density at radius 2 is 1.88 bits per heavy atom. The Labute approximate surface area is 100 Å². The van der Waals surface area contributed by atoms with Crippen LogP contribution in [0.5, 0.6) is 5.75 Å². The normalized spacial score (nSPS) is 14.4. The summed E-state index contributed by atoms with van der Waals surface area (Å²) in [5.41, 5.74) is 3.52. The average molecular weight is 229 g/mol. The highest BCUT2D eigenvalue weighted by Gasteiger charge is 2.20. The van der Waals surface area contributed by atoms with Crippen LogP contribution in [-0.4, -0.2) is 12.3 Å². The summed E-state index contributed by atoms with van der Waals surface area (Å²) in [5.74, 6) is 1.80. The lowest BCUT2D eigenvalue weighted by atomic mass is 9.94. The van der Waals surface area contributed by atoms with Gasteiger partial charge in [-0.3, -0.25) is 0 Å². The second-order valence-corrected chi connectivity index (χ2v) is 4.37. The summed E-state index contributed by atoms with van der Waals surface area (Å²) in [6, 6.07) is 7.95. The Hall–Kier alpha value is -1.77. The fraction of sp³-hybridized carbons (Fsp3) is 0.357. The third-order valence-electron chi connectivity index (χ3n) is 3.31. The summed E-state index contributed by atoms with van der Waals surface area (Å²) in [4.78, 5) is 0. The van der Waals surface area contributed by atoms with Gasteiger partial charge < -0.3 is 9.26 Å². The van der Waals surface area contributed by atoms with Crippen molar-refractivity contribution in [2.24, 2.45) is 0 Å². The molecule has 1 heterocycles. The minimum Gasteiger partial charge on any atom is -0.497 e. The van der Waals surface area contributed by atoms with Crippen molar-refractivity contribution in [3.8, 4) is 17.1 Å². The number of hydrogen-bond donors (Lipinski definition) is 0. The van der Waals surface area contributed by atoms with Crippen molar-refractivity contribution in [2.75, 3.05) is 7.11 Å². The molecule has 0 bridgehead atoms. The lowest BCUT2D eigenvalue weighted by Gasteiger charge is -2.09. The van der Waals surface area contributed by atoms with Crippen molar-refractivity contribution in [2.45, 2.75) is 25.7 Å². The van der Waals surface area contributed by atoms with Gasteiger partial charge in [-0.25, -0.2) is 0 Å². The van der Waals surface area contributed by atoms with Crippen LogP contribution in [-0.2, 0) is 12.8 Å². The minimum absolute atomic E-state index is 0.863. The van der Waals surface area contributed by atoms with Crippen LogP contribution >= 0.6 is 0 Å². The van der Waals surface area contributed by atoms with E-state index in [0.717, 1.165) is 35.6 Å². The van der Waals surface area contributed by atoms with Crippen LogP contribution in [0.4, 0.5) is 0 Å². The molecule has 0 spiro atoms. The summed E-state index contributed by atoms with van der Waals surface area (Å²) in [6.45, 7) is 0. The van der Waals surface area contributed by atoms with E-state index in [1.165, 1.54) is 18.4 Å². The molecule has 17 heavy (non-hydrogen) atoms. The van der Waals surface area contributed by atoms with Crippen LogP contribution in [0.3, 0.4) is 0 Å². The van der Waals surface area contributed by atoms with Gasteiger partial charge in [0.15, 0.2) is 5.76 Å². The Bertz CT molecular complexity index is 514. The molecule has 3 nitrogen and oxygen atoms in total. The topological polar surface area (TPSA) is 35.3 Å². The van der Waals surface area contributed by atoms with Gasteiger partial charge in [0.1, 0.15) is 5.75 Å². The van der Waals surface area contributed by atoms with Gasteiger partial charge in [-0.15, -0.1) is 0 Å². The van der Waals surface area contributed by atoms with Gasteiger partial charge >= 0.3 is 0 Å². The molecule has 1 aromatic carbocycles. The van der Waals surface area contributed by atoms with E-state index in [2.05, 4.69) is 5.16 Å². The fourth-order valence-corrected chi connectivity index (χ4v) is 2.36. The molecule has 1 aliphatic rings. The molecule has 2 aromatic rings. The molecule has 1 aliphatic carbocycles. The highest BCUT2D eigenvalue weighted by Crippen LogP contribution is 2.32. The average Bonchev–Trinajstić information content (AvgIpc) is 2.83. The monoisotopic (exact) mass is 229 g/mol. The van der Waals surface area contributed by atoms with Crippen LogP contribution in [0.2, 0.25) is 0 Å². The molecular formula is C14H15NO2. The minimum atomic E-state index is 0.863. The highest BCUT2D eigenvalue weighted by atomic mass is 16.5. The number of hydrogen-bond acceptors (Lipinski definition) is 3. The maximum absolute atomic E-state index is 5.49. The van der Waals surface area contributed by atoms with Crippen molar-refractivity contribution in [3.63, 3.8) is 0 Å². The SMILES string of the molecule is COc1ccc(-c2onc3c2CCCC3)cc1. The highest BCUT2D eigenvalue weighted by molar-refractivity contribution is 5.63. The van der Waals surface area contributed by atoms with Crippen LogP contribution in [0.15, 0.2) is 28.8 Å². The van der Waals surface area contributed by atoms with Crippen LogP contribution in [0, 0.1) is 0 Å². The van der Waals surface area contributed by atoms with Gasteiger partial charge in [0, 0.05) is 11.1 Å². The number of ether oxygens (including phenoxy) is 1. The van der Waals surface area contributed by atoms with Crippen LogP contribution < -0.4 is 4.74 Å². The molecule has 0 amide bonds. The van der Waals surface area contributed by atoms with Crippen molar-refractivity contribution in [1.29, 1.82) is 0 Å². The number of aryl methyl sites for hydroxylation is 1. The zero-order chi connectivity index (χ0) is 11.7. The number of fused-ring (bicyclic) bond motifs is 1. The molecule has 0 atom stereocenters. The summed E-state index contributed by atoms with van der Waals surface area (Å²) in [7, 11) is 1.67. The van der Waals surface area contributed by atoms with Crippen molar-refractivity contribution < 1.29 is 9.26 Å². The number of benzene rings is 1. The van der Waals surface area contributed by atoms with Gasteiger partial charge in [-0.05, 0) is 49.9 Å². The Morgan fingerprint density at radius 3 is 2.65 bits per heavy atom. The Morgan fingerprint density at radius 1 is 1.12 bits per heavy atom. The third kappa shape index (κ3) is 1.82. The maximum Gasteiger partial charge on any atom is 0.170 e. The van der Waals surface area contributed by atoms with E-state index in [4.69, 9.17) is 9.26 Å². The summed E-state index contributed by atoms with van der Waals surface area (Å²) >= 11 is 0. The molecule has 0 aliphatic heterocycles. The summed E-state index contributed by atoms with van der Waals surface area (Å²) in [5, 5.41) is 4.17. The van der Waals surface area contributed by atoms with E-state index in [0.29, 0.717) is 0 Å². The Kier molecular flexibility index (Phi) is 2.59. The molecule has 0 saturated carbocycles. The number of aromatic nitrogens is 1. The second kappa shape index (κ2) is 4.24. The first kappa shape index (κ1) is 10.4. The van der Waals surface area contributed by atoms with Crippen LogP contribution in [0.25, 0.3) is 11.3 Å². The van der Waals surface area contributed by atoms with Crippen molar-refractivity contribution >= 4 is 0 Å². The first-order valence-corrected chi connectivity index (χ1v) is 6.00. The first-order valence-electron chi connectivity index (χ1n) is 6.00. The first-order chi connectivity index (χ1) is 8.38. The van der Waals surface area contributed by atoms with Crippen molar-refractivity contribution in [3.05, 3.63) is 35.5 Å². The number of nitrogens with zero attached hydrogens (tertiary/aromatic N) is 1. The van der Waals surface area contributed by atoms with E-state index in [1.807, 2.05) is 24.3 Å². The lowest BCUT2D eigenvalue weighted by molar-refractivity contribution is 0.414. The van der Waals surface area contributed by atoms with E-state index < -0.39 is 0 Å². The molecule has 0 radical (unpaired) electrons. The van der Waals surface area contributed by atoms with Gasteiger partial charge in [0.05, 0.1) is 12.8 Å². The molecule has 0 unspecified atom stereocenters. The predicted octanol–water partition coefficient (Wildman–Crippen LogP) is 3.23. The quantitative estimate of drug-likeness (QED) is 0.793. The molecule has 0 saturated heterocycles. The number of methoxy groups -OCH3 is 1. The van der Waals surface area contributed by atoms with Crippen LogP contribution in [0.1, 0.15) is 24.1 Å².